The Morgan fingerprint density at radius 3 is 2.44 bits per heavy atom. The van der Waals surface area contributed by atoms with Crippen LogP contribution in [-0.2, 0) is 14.4 Å². The highest BCUT2D eigenvalue weighted by Crippen LogP contribution is 2.22. The molecule has 3 rings (SSSR count). The molecule has 216 valence electrons. The number of carboxylic acid groups (broad SMARTS) is 1. The predicted molar refractivity (Wildman–Crippen MR) is 147 cm³/mol. The SMILES string of the molecule is CC(C)CCOc1ccc(C(=O)N[C@@](C)(NC(=O)C2CCCN(C(=O)CCC3CCNCC3)C2)C(=O)O)cc1. The van der Waals surface area contributed by atoms with Crippen LogP contribution < -0.4 is 20.7 Å². The summed E-state index contributed by atoms with van der Waals surface area (Å²) in [6, 6.07) is 6.42. The summed E-state index contributed by atoms with van der Waals surface area (Å²) < 4.78 is 5.67. The van der Waals surface area contributed by atoms with Crippen molar-refractivity contribution >= 4 is 23.7 Å². The first kappa shape index (κ1) is 30.4. The number of nitrogens with zero attached hydrogens (tertiary/aromatic N) is 1. The van der Waals surface area contributed by atoms with Gasteiger partial charge >= 0.3 is 5.97 Å². The third-order valence-corrected chi connectivity index (χ3v) is 7.61. The van der Waals surface area contributed by atoms with Crippen molar-refractivity contribution in [1.29, 1.82) is 0 Å². The molecule has 1 unspecified atom stereocenters. The third-order valence-electron chi connectivity index (χ3n) is 7.61. The molecule has 0 saturated carbocycles. The van der Waals surface area contributed by atoms with Crippen LogP contribution >= 0.6 is 0 Å². The number of carbonyl (C=O) groups is 4. The number of nitrogens with one attached hydrogen (secondary N) is 3. The summed E-state index contributed by atoms with van der Waals surface area (Å²) in [5, 5.41) is 18.2. The molecule has 2 heterocycles. The van der Waals surface area contributed by atoms with Crippen LogP contribution in [0.2, 0.25) is 0 Å². The van der Waals surface area contributed by atoms with Gasteiger partial charge in [-0.05, 0) is 94.6 Å². The molecule has 0 spiro atoms. The van der Waals surface area contributed by atoms with Crippen LogP contribution in [0.5, 0.6) is 5.75 Å². The van der Waals surface area contributed by atoms with E-state index in [1.165, 1.54) is 6.92 Å². The second-order valence-electron chi connectivity index (χ2n) is 11.3. The summed E-state index contributed by atoms with van der Waals surface area (Å²) in [4.78, 5) is 52.6. The van der Waals surface area contributed by atoms with Crippen molar-refractivity contribution in [2.45, 2.75) is 71.4 Å². The Morgan fingerprint density at radius 2 is 1.79 bits per heavy atom. The van der Waals surface area contributed by atoms with E-state index in [0.29, 0.717) is 50.0 Å². The number of ether oxygens (including phenoxy) is 1. The van der Waals surface area contributed by atoms with E-state index in [-0.39, 0.29) is 18.0 Å². The van der Waals surface area contributed by atoms with E-state index in [1.54, 1.807) is 29.2 Å². The van der Waals surface area contributed by atoms with Gasteiger partial charge in [-0.1, -0.05) is 13.8 Å². The fraction of sp³-hybridized carbons (Fsp3) is 0.655. The highest BCUT2D eigenvalue weighted by Gasteiger charge is 2.39. The monoisotopic (exact) mass is 544 g/mol. The van der Waals surface area contributed by atoms with Crippen LogP contribution in [0.25, 0.3) is 0 Å². The second kappa shape index (κ2) is 14.3. The first-order valence-corrected chi connectivity index (χ1v) is 14.2. The van der Waals surface area contributed by atoms with Crippen LogP contribution in [0.4, 0.5) is 0 Å². The number of benzene rings is 1. The smallest absolute Gasteiger partial charge is 0.350 e. The maximum atomic E-state index is 13.1. The number of carbonyl (C=O) groups excluding carboxylic acids is 3. The van der Waals surface area contributed by atoms with E-state index in [4.69, 9.17) is 4.74 Å². The molecule has 2 aliphatic rings. The maximum Gasteiger partial charge on any atom is 0.350 e. The molecule has 10 nitrogen and oxygen atoms in total. The number of piperidine rings is 2. The molecule has 10 heteroatoms. The number of hydrogen-bond acceptors (Lipinski definition) is 6. The molecular weight excluding hydrogens is 500 g/mol. The molecule has 0 bridgehead atoms. The van der Waals surface area contributed by atoms with Crippen molar-refractivity contribution < 1.29 is 29.0 Å². The van der Waals surface area contributed by atoms with Gasteiger partial charge in [0.25, 0.3) is 5.91 Å². The van der Waals surface area contributed by atoms with E-state index in [0.717, 1.165) is 38.8 Å². The Hall–Kier alpha value is -3.14. The molecule has 0 aliphatic carbocycles. The zero-order chi connectivity index (χ0) is 28.4. The summed E-state index contributed by atoms with van der Waals surface area (Å²) in [6.45, 7) is 8.85. The van der Waals surface area contributed by atoms with E-state index in [1.807, 2.05) is 0 Å². The maximum absolute atomic E-state index is 13.1. The molecule has 2 atom stereocenters. The van der Waals surface area contributed by atoms with Crippen LogP contribution in [0.3, 0.4) is 0 Å². The molecule has 3 amide bonds. The molecule has 2 saturated heterocycles. The molecule has 1 aromatic carbocycles. The van der Waals surface area contributed by atoms with E-state index >= 15 is 0 Å². The number of rotatable bonds is 12. The predicted octanol–water partition coefficient (Wildman–Crippen LogP) is 2.78. The van der Waals surface area contributed by atoms with Gasteiger partial charge in [-0.2, -0.15) is 0 Å². The van der Waals surface area contributed by atoms with Crippen molar-refractivity contribution in [3.8, 4) is 5.75 Å². The van der Waals surface area contributed by atoms with Gasteiger partial charge in [0.05, 0.1) is 12.5 Å². The molecule has 4 N–H and O–H groups in total. The fourth-order valence-electron chi connectivity index (χ4n) is 4.97. The minimum Gasteiger partial charge on any atom is -0.494 e. The summed E-state index contributed by atoms with van der Waals surface area (Å²) >= 11 is 0. The van der Waals surface area contributed by atoms with Gasteiger partial charge in [-0.3, -0.25) is 14.4 Å². The summed E-state index contributed by atoms with van der Waals surface area (Å²) in [5.74, 6) is -1.33. The quantitative estimate of drug-likeness (QED) is 0.297. The van der Waals surface area contributed by atoms with Gasteiger partial charge in [0.15, 0.2) is 0 Å². The standard InChI is InChI=1S/C29H44N4O6/c1-20(2)14-18-39-24-9-7-22(8-10-24)26(35)31-29(3,28(37)38)32-27(36)23-5-4-17-33(19-23)25(34)11-6-21-12-15-30-16-13-21/h7-10,20-21,23,30H,4-6,11-19H2,1-3H3,(H,31,35)(H,32,36)(H,37,38)/t23?,29-/m0/s1. The van der Waals surface area contributed by atoms with Gasteiger partial charge in [0.2, 0.25) is 17.5 Å². The zero-order valence-corrected chi connectivity index (χ0v) is 23.5. The number of amides is 3. The lowest BCUT2D eigenvalue weighted by Crippen LogP contribution is -2.65. The van der Waals surface area contributed by atoms with Crippen LogP contribution in [0, 0.1) is 17.8 Å². The van der Waals surface area contributed by atoms with Gasteiger partial charge in [0.1, 0.15) is 5.75 Å². The Labute approximate surface area is 231 Å². The lowest BCUT2D eigenvalue weighted by atomic mass is 9.92. The van der Waals surface area contributed by atoms with Crippen LogP contribution in [-0.4, -0.2) is 72.1 Å². The minimum atomic E-state index is -2.01. The Balaban J connectivity index is 1.54. The molecule has 2 fully saturated rings. The van der Waals surface area contributed by atoms with Crippen molar-refractivity contribution in [1.82, 2.24) is 20.9 Å². The lowest BCUT2D eigenvalue weighted by molar-refractivity contribution is -0.149. The molecular formula is C29H44N4O6. The topological polar surface area (TPSA) is 137 Å². The summed E-state index contributed by atoms with van der Waals surface area (Å²) in [7, 11) is 0. The first-order chi connectivity index (χ1) is 18.6. The van der Waals surface area contributed by atoms with Crippen molar-refractivity contribution in [3.05, 3.63) is 29.8 Å². The van der Waals surface area contributed by atoms with Gasteiger partial charge in [0, 0.05) is 25.1 Å². The van der Waals surface area contributed by atoms with E-state index in [2.05, 4.69) is 29.8 Å². The van der Waals surface area contributed by atoms with Gasteiger partial charge in [-0.25, -0.2) is 4.79 Å². The normalized spacial score (nSPS) is 19.7. The summed E-state index contributed by atoms with van der Waals surface area (Å²) in [5.41, 5.74) is -1.77. The number of likely N-dealkylation sites (tertiary alicyclic amines) is 1. The number of aliphatic carboxylic acids is 1. The zero-order valence-electron chi connectivity index (χ0n) is 23.5. The number of carboxylic acids is 1. The Bertz CT molecular complexity index is 992. The van der Waals surface area contributed by atoms with Gasteiger partial charge in [-0.15, -0.1) is 0 Å². The van der Waals surface area contributed by atoms with Crippen molar-refractivity contribution in [2.24, 2.45) is 17.8 Å². The van der Waals surface area contributed by atoms with Crippen LogP contribution in [0.15, 0.2) is 24.3 Å². The van der Waals surface area contributed by atoms with E-state index in [9.17, 15) is 24.3 Å². The highest BCUT2D eigenvalue weighted by atomic mass is 16.5. The van der Waals surface area contributed by atoms with E-state index < -0.39 is 29.4 Å². The van der Waals surface area contributed by atoms with Crippen molar-refractivity contribution in [3.63, 3.8) is 0 Å². The Morgan fingerprint density at radius 1 is 1.10 bits per heavy atom. The molecule has 39 heavy (non-hydrogen) atoms. The highest BCUT2D eigenvalue weighted by molar-refractivity contribution is 5.99. The van der Waals surface area contributed by atoms with Crippen molar-refractivity contribution in [2.75, 3.05) is 32.8 Å². The second-order valence-corrected chi connectivity index (χ2v) is 11.3. The molecule has 2 aliphatic heterocycles. The largest absolute Gasteiger partial charge is 0.494 e. The molecule has 0 aromatic heterocycles. The lowest BCUT2D eigenvalue weighted by Gasteiger charge is -2.35. The molecule has 0 radical (unpaired) electrons. The fourth-order valence-corrected chi connectivity index (χ4v) is 4.97. The first-order valence-electron chi connectivity index (χ1n) is 14.2. The minimum absolute atomic E-state index is 0.0389. The number of hydrogen-bond donors (Lipinski definition) is 4. The van der Waals surface area contributed by atoms with Gasteiger partial charge < -0.3 is 30.7 Å². The Kier molecular flexibility index (Phi) is 11.2. The average Bonchev–Trinajstić information content (AvgIpc) is 2.92. The van der Waals surface area contributed by atoms with Crippen LogP contribution in [0.1, 0.15) is 76.1 Å². The third kappa shape index (κ3) is 9.23. The summed E-state index contributed by atoms with van der Waals surface area (Å²) in [6.07, 6.45) is 5.59. The average molecular weight is 545 g/mol. The molecule has 1 aromatic rings.